The second-order valence-electron chi connectivity index (χ2n) is 5.02. The van der Waals surface area contributed by atoms with Crippen LogP contribution in [-0.2, 0) is 6.42 Å². The summed E-state index contributed by atoms with van der Waals surface area (Å²) in [4.78, 5) is 13.5. The molecule has 17 heavy (non-hydrogen) atoms. The molecule has 1 aromatic rings. The van der Waals surface area contributed by atoms with Crippen LogP contribution in [0, 0.1) is 0 Å². The van der Waals surface area contributed by atoms with Gasteiger partial charge in [-0.25, -0.2) is 4.79 Å². The highest BCUT2D eigenvalue weighted by atomic mass is 16.4. The van der Waals surface area contributed by atoms with Crippen LogP contribution in [-0.4, -0.2) is 29.1 Å². The van der Waals surface area contributed by atoms with Crippen LogP contribution in [0.15, 0.2) is 18.2 Å². The first-order chi connectivity index (χ1) is 8.25. The van der Waals surface area contributed by atoms with Gasteiger partial charge in [0.05, 0.1) is 5.56 Å². The van der Waals surface area contributed by atoms with Gasteiger partial charge in [0.15, 0.2) is 0 Å². The lowest BCUT2D eigenvalue weighted by Crippen LogP contribution is -2.41. The molecule has 2 aliphatic rings. The van der Waals surface area contributed by atoms with Gasteiger partial charge < -0.3 is 5.11 Å². The number of aromatic carboxylic acids is 1. The van der Waals surface area contributed by atoms with Gasteiger partial charge in [-0.05, 0) is 62.0 Å². The van der Waals surface area contributed by atoms with Crippen LogP contribution in [0.4, 0.5) is 0 Å². The van der Waals surface area contributed by atoms with E-state index in [1.54, 1.807) is 6.07 Å². The first kappa shape index (κ1) is 10.8. The number of likely N-dealkylation sites (tertiary alicyclic amines) is 1. The molecule has 1 saturated heterocycles. The lowest BCUT2D eigenvalue weighted by atomic mass is 9.84. The summed E-state index contributed by atoms with van der Waals surface area (Å²) in [5, 5.41) is 9.01. The van der Waals surface area contributed by atoms with Crippen LogP contribution in [0.1, 0.15) is 46.8 Å². The van der Waals surface area contributed by atoms with Crippen molar-refractivity contribution in [3.8, 4) is 0 Å². The molecule has 0 aromatic heterocycles. The molecule has 0 radical (unpaired) electrons. The third-order valence-corrected chi connectivity index (χ3v) is 4.00. The highest BCUT2D eigenvalue weighted by Crippen LogP contribution is 2.36. The number of carbonyl (C=O) groups is 1. The van der Waals surface area contributed by atoms with Crippen molar-refractivity contribution in [1.29, 1.82) is 0 Å². The highest BCUT2D eigenvalue weighted by Gasteiger charge is 2.29. The zero-order chi connectivity index (χ0) is 11.8. The van der Waals surface area contributed by atoms with Gasteiger partial charge in [-0.2, -0.15) is 0 Å². The average Bonchev–Trinajstić information content (AvgIpc) is 2.26. The molecule has 3 rings (SSSR count). The number of benzene rings is 1. The normalized spacial score (nSPS) is 23.9. The third kappa shape index (κ3) is 1.84. The van der Waals surface area contributed by atoms with Crippen molar-refractivity contribution >= 4 is 5.97 Å². The van der Waals surface area contributed by atoms with Gasteiger partial charge >= 0.3 is 5.97 Å². The molecular formula is C14H17NO2. The Balaban J connectivity index is 1.94. The van der Waals surface area contributed by atoms with Crippen LogP contribution >= 0.6 is 0 Å². The van der Waals surface area contributed by atoms with Crippen LogP contribution in [0.5, 0.6) is 0 Å². The number of carboxylic acid groups (broad SMARTS) is 1. The van der Waals surface area contributed by atoms with Gasteiger partial charge in [0.25, 0.3) is 0 Å². The lowest BCUT2D eigenvalue weighted by Gasteiger charge is -2.41. The quantitative estimate of drug-likeness (QED) is 0.850. The van der Waals surface area contributed by atoms with Crippen molar-refractivity contribution in [2.24, 2.45) is 0 Å². The number of hydrogen-bond donors (Lipinski definition) is 1. The molecule has 0 amide bonds. The topological polar surface area (TPSA) is 40.5 Å². The Hall–Kier alpha value is -1.35. The minimum atomic E-state index is -0.820. The number of rotatable bonds is 2. The molecule has 1 aliphatic heterocycles. The van der Waals surface area contributed by atoms with E-state index in [9.17, 15) is 4.79 Å². The van der Waals surface area contributed by atoms with E-state index in [1.165, 1.54) is 43.5 Å². The van der Waals surface area contributed by atoms with E-state index >= 15 is 0 Å². The second-order valence-corrected chi connectivity index (χ2v) is 5.02. The minimum Gasteiger partial charge on any atom is -0.478 e. The van der Waals surface area contributed by atoms with Crippen LogP contribution < -0.4 is 0 Å². The fraction of sp³-hybridized carbons (Fsp3) is 0.500. The predicted octanol–water partition coefficient (Wildman–Crippen LogP) is 2.47. The molecule has 1 aliphatic carbocycles. The van der Waals surface area contributed by atoms with Crippen molar-refractivity contribution in [3.05, 3.63) is 34.9 Å². The second kappa shape index (κ2) is 4.15. The molecule has 3 heteroatoms. The molecular weight excluding hydrogens is 214 g/mol. The summed E-state index contributed by atoms with van der Waals surface area (Å²) in [6, 6.07) is 6.18. The molecule has 0 bridgehead atoms. The number of aryl methyl sites for hydroxylation is 1. The van der Waals surface area contributed by atoms with Gasteiger partial charge in [0, 0.05) is 6.04 Å². The Kier molecular flexibility index (Phi) is 2.63. The van der Waals surface area contributed by atoms with Crippen molar-refractivity contribution in [3.63, 3.8) is 0 Å². The monoisotopic (exact) mass is 231 g/mol. The van der Waals surface area contributed by atoms with Crippen molar-refractivity contribution < 1.29 is 9.90 Å². The summed E-state index contributed by atoms with van der Waals surface area (Å²) in [5.74, 6) is -0.820. The largest absolute Gasteiger partial charge is 0.478 e. The molecule has 1 fully saturated rings. The Morgan fingerprint density at radius 1 is 1.29 bits per heavy atom. The van der Waals surface area contributed by atoms with E-state index in [0.717, 1.165) is 6.42 Å². The smallest absolute Gasteiger partial charge is 0.335 e. The van der Waals surface area contributed by atoms with Gasteiger partial charge in [0.2, 0.25) is 0 Å². The first-order valence-electron chi connectivity index (χ1n) is 6.36. The zero-order valence-corrected chi connectivity index (χ0v) is 9.85. The summed E-state index contributed by atoms with van der Waals surface area (Å²) < 4.78 is 0. The Labute approximate surface area is 101 Å². The van der Waals surface area contributed by atoms with Gasteiger partial charge in [-0.1, -0.05) is 6.07 Å². The zero-order valence-electron chi connectivity index (χ0n) is 9.85. The Morgan fingerprint density at radius 2 is 2.12 bits per heavy atom. The summed E-state index contributed by atoms with van der Waals surface area (Å²) >= 11 is 0. The summed E-state index contributed by atoms with van der Waals surface area (Å²) in [5.41, 5.74) is 3.03. The predicted molar refractivity (Wildman–Crippen MR) is 65.3 cm³/mol. The van der Waals surface area contributed by atoms with E-state index in [1.807, 2.05) is 12.1 Å². The molecule has 3 nitrogen and oxygen atoms in total. The van der Waals surface area contributed by atoms with E-state index in [4.69, 9.17) is 5.11 Å². The maximum atomic E-state index is 11.0. The van der Waals surface area contributed by atoms with Gasteiger partial charge in [-0.3, -0.25) is 4.90 Å². The molecule has 0 saturated carbocycles. The van der Waals surface area contributed by atoms with Crippen molar-refractivity contribution in [2.45, 2.75) is 31.7 Å². The summed E-state index contributed by atoms with van der Waals surface area (Å²) in [6.07, 6.45) is 4.73. The summed E-state index contributed by atoms with van der Waals surface area (Å²) in [6.45, 7) is 2.40. The van der Waals surface area contributed by atoms with Crippen LogP contribution in [0.25, 0.3) is 0 Å². The summed E-state index contributed by atoms with van der Waals surface area (Å²) in [7, 11) is 0. The number of hydrogen-bond acceptors (Lipinski definition) is 2. The third-order valence-electron chi connectivity index (χ3n) is 4.00. The Bertz CT molecular complexity index is 452. The maximum absolute atomic E-state index is 11.0. The molecule has 1 unspecified atom stereocenters. The molecule has 90 valence electrons. The van der Waals surface area contributed by atoms with Crippen LogP contribution in [0.3, 0.4) is 0 Å². The lowest BCUT2D eigenvalue weighted by molar-refractivity contribution is 0.0696. The highest BCUT2D eigenvalue weighted by molar-refractivity contribution is 5.88. The number of nitrogens with zero attached hydrogens (tertiary/aromatic N) is 1. The van der Waals surface area contributed by atoms with E-state index in [2.05, 4.69) is 4.90 Å². The maximum Gasteiger partial charge on any atom is 0.335 e. The number of fused-ring (bicyclic) bond motifs is 1. The van der Waals surface area contributed by atoms with Crippen molar-refractivity contribution in [1.82, 2.24) is 4.90 Å². The fourth-order valence-corrected chi connectivity index (χ4v) is 2.95. The standard InChI is InChI=1S/C14H17NO2/c16-14(17)11-5-6-12-10(9-11)3-1-4-13(12)15-7-2-8-15/h5-6,9,13H,1-4,7-8H2,(H,16,17). The SMILES string of the molecule is O=C(O)c1ccc2c(c1)CCCC2N1CCC1. The molecule has 1 atom stereocenters. The first-order valence-corrected chi connectivity index (χ1v) is 6.36. The van der Waals surface area contributed by atoms with E-state index in [0.29, 0.717) is 11.6 Å². The molecule has 1 heterocycles. The molecule has 1 aromatic carbocycles. The van der Waals surface area contributed by atoms with E-state index in [-0.39, 0.29) is 0 Å². The minimum absolute atomic E-state index is 0.424. The number of carboxylic acids is 1. The van der Waals surface area contributed by atoms with Crippen LogP contribution in [0.2, 0.25) is 0 Å². The molecule has 1 N–H and O–H groups in total. The Morgan fingerprint density at radius 3 is 2.76 bits per heavy atom. The van der Waals surface area contributed by atoms with Gasteiger partial charge in [0.1, 0.15) is 0 Å². The van der Waals surface area contributed by atoms with Crippen molar-refractivity contribution in [2.75, 3.05) is 13.1 Å². The fourth-order valence-electron chi connectivity index (χ4n) is 2.95. The van der Waals surface area contributed by atoms with E-state index < -0.39 is 5.97 Å². The average molecular weight is 231 g/mol. The van der Waals surface area contributed by atoms with Gasteiger partial charge in [-0.15, -0.1) is 0 Å². The molecule has 0 spiro atoms.